The van der Waals surface area contributed by atoms with Crippen molar-refractivity contribution in [3.63, 3.8) is 0 Å². The number of nitrogens with zero attached hydrogens (tertiary/aromatic N) is 3. The molecule has 1 aliphatic heterocycles. The van der Waals surface area contributed by atoms with Gasteiger partial charge in [-0.3, -0.25) is 10.2 Å². The second kappa shape index (κ2) is 6.62. The van der Waals surface area contributed by atoms with E-state index in [4.69, 9.17) is 4.52 Å². The lowest BCUT2D eigenvalue weighted by Gasteiger charge is -2.33. The SMILES string of the molecule is Cc1cc(NN=C2C(=O)N(C(C)C)c3ccc(C(F)(F)F)cc3S2(=O)=O)no1. The van der Waals surface area contributed by atoms with Gasteiger partial charge in [0, 0.05) is 12.1 Å². The smallest absolute Gasteiger partial charge is 0.359 e. The van der Waals surface area contributed by atoms with Crippen molar-refractivity contribution >= 4 is 32.3 Å². The molecular formula is C16H15F3N4O4S. The second-order valence-corrected chi connectivity index (χ2v) is 8.14. The van der Waals surface area contributed by atoms with E-state index in [0.29, 0.717) is 11.8 Å². The van der Waals surface area contributed by atoms with Crippen LogP contribution in [0.1, 0.15) is 25.2 Å². The number of anilines is 2. The zero-order valence-corrected chi connectivity index (χ0v) is 15.7. The Morgan fingerprint density at radius 3 is 2.46 bits per heavy atom. The molecule has 2 aromatic rings. The van der Waals surface area contributed by atoms with Crippen molar-refractivity contribution in [1.29, 1.82) is 0 Å². The summed E-state index contributed by atoms with van der Waals surface area (Å²) in [5.41, 5.74) is 1.01. The first-order chi connectivity index (χ1) is 12.9. The molecule has 0 bridgehead atoms. The van der Waals surface area contributed by atoms with Crippen LogP contribution in [0.4, 0.5) is 24.7 Å². The summed E-state index contributed by atoms with van der Waals surface area (Å²) in [5.74, 6) is -0.515. The van der Waals surface area contributed by atoms with E-state index >= 15 is 0 Å². The third-order valence-corrected chi connectivity index (χ3v) is 5.59. The Morgan fingerprint density at radius 1 is 1.25 bits per heavy atom. The van der Waals surface area contributed by atoms with E-state index in [-0.39, 0.29) is 11.5 Å². The molecule has 0 atom stereocenters. The summed E-state index contributed by atoms with van der Waals surface area (Å²) < 4.78 is 69.7. The van der Waals surface area contributed by atoms with Crippen LogP contribution in [0.2, 0.25) is 0 Å². The maximum Gasteiger partial charge on any atom is 0.416 e. The molecule has 0 spiro atoms. The van der Waals surface area contributed by atoms with Gasteiger partial charge >= 0.3 is 6.18 Å². The molecular weight excluding hydrogens is 401 g/mol. The molecule has 0 unspecified atom stereocenters. The van der Waals surface area contributed by atoms with Crippen molar-refractivity contribution in [2.45, 2.75) is 37.9 Å². The number of carbonyl (C=O) groups is 1. The lowest BCUT2D eigenvalue weighted by molar-refractivity contribution is -0.137. The molecule has 0 fully saturated rings. The molecule has 150 valence electrons. The summed E-state index contributed by atoms with van der Waals surface area (Å²) in [4.78, 5) is 13.2. The standard InChI is InChI=1S/C16H15F3N4O4S/c1-8(2)23-11-5-4-10(16(17,18)19)7-12(11)28(25,26)14(15(23)24)21-20-13-6-9(3)27-22-13/h4-8H,1-3H3,(H,20,22). The maximum absolute atomic E-state index is 13.1. The lowest BCUT2D eigenvalue weighted by atomic mass is 10.1. The van der Waals surface area contributed by atoms with Gasteiger partial charge in [-0.15, -0.1) is 0 Å². The fourth-order valence-corrected chi connectivity index (χ4v) is 4.11. The number of alkyl halides is 3. The van der Waals surface area contributed by atoms with Crippen molar-refractivity contribution in [2.75, 3.05) is 10.3 Å². The average Bonchev–Trinajstić information content (AvgIpc) is 2.98. The van der Waals surface area contributed by atoms with Crippen molar-refractivity contribution in [3.8, 4) is 0 Å². The highest BCUT2D eigenvalue weighted by Gasteiger charge is 2.44. The Hall–Kier alpha value is -2.89. The highest BCUT2D eigenvalue weighted by atomic mass is 32.2. The number of aromatic nitrogens is 1. The molecule has 12 heteroatoms. The van der Waals surface area contributed by atoms with E-state index in [2.05, 4.69) is 15.7 Å². The summed E-state index contributed by atoms with van der Waals surface area (Å²) in [6, 6.07) is 3.08. The van der Waals surface area contributed by atoms with Crippen LogP contribution in [0.5, 0.6) is 0 Å². The summed E-state index contributed by atoms with van der Waals surface area (Å²) >= 11 is 0. The number of benzene rings is 1. The number of hydrazone groups is 1. The molecule has 1 aromatic heterocycles. The van der Waals surface area contributed by atoms with E-state index < -0.39 is 43.5 Å². The van der Waals surface area contributed by atoms with Crippen molar-refractivity contribution in [1.82, 2.24) is 5.16 Å². The van der Waals surface area contributed by atoms with Gasteiger partial charge in [0.1, 0.15) is 5.76 Å². The minimum Gasteiger partial charge on any atom is -0.359 e. The molecule has 1 aromatic carbocycles. The third kappa shape index (κ3) is 3.35. The van der Waals surface area contributed by atoms with Gasteiger partial charge in [0.2, 0.25) is 14.9 Å². The van der Waals surface area contributed by atoms with Crippen molar-refractivity contribution < 1.29 is 30.9 Å². The molecule has 0 saturated carbocycles. The minimum atomic E-state index is -4.75. The highest BCUT2D eigenvalue weighted by Crippen LogP contribution is 2.38. The number of carbonyl (C=O) groups excluding carboxylic acids is 1. The summed E-state index contributed by atoms with van der Waals surface area (Å²) in [7, 11) is -4.61. The first kappa shape index (κ1) is 19.9. The number of halogens is 3. The fraction of sp³-hybridized carbons (Fsp3) is 0.312. The van der Waals surface area contributed by atoms with Crippen LogP contribution >= 0.6 is 0 Å². The first-order valence-corrected chi connectivity index (χ1v) is 9.48. The zero-order chi connectivity index (χ0) is 20.9. The fourth-order valence-electron chi connectivity index (χ4n) is 2.68. The number of rotatable bonds is 3. The lowest BCUT2D eigenvalue weighted by Crippen LogP contribution is -2.48. The molecule has 2 heterocycles. The predicted octanol–water partition coefficient (Wildman–Crippen LogP) is 2.96. The van der Waals surface area contributed by atoms with Crippen LogP contribution in [-0.4, -0.2) is 30.6 Å². The van der Waals surface area contributed by atoms with E-state index in [0.717, 1.165) is 17.0 Å². The van der Waals surface area contributed by atoms with Crippen LogP contribution in [0, 0.1) is 6.92 Å². The van der Waals surface area contributed by atoms with Crippen LogP contribution in [0.15, 0.2) is 38.8 Å². The summed E-state index contributed by atoms with van der Waals surface area (Å²) in [6.07, 6.45) is -4.75. The molecule has 8 nitrogen and oxygen atoms in total. The van der Waals surface area contributed by atoms with E-state index in [1.54, 1.807) is 20.8 Å². The number of aryl methyl sites for hydroxylation is 1. The molecule has 3 rings (SSSR count). The van der Waals surface area contributed by atoms with E-state index in [1.165, 1.54) is 6.07 Å². The largest absolute Gasteiger partial charge is 0.416 e. The summed E-state index contributed by atoms with van der Waals surface area (Å²) in [6.45, 7) is 4.79. The molecule has 1 amide bonds. The number of sulfone groups is 1. The van der Waals surface area contributed by atoms with Crippen molar-refractivity contribution in [3.05, 3.63) is 35.6 Å². The molecule has 1 aliphatic rings. The molecule has 0 radical (unpaired) electrons. The number of amides is 1. The number of fused-ring (bicyclic) bond motifs is 1. The molecule has 1 N–H and O–H groups in total. The summed E-state index contributed by atoms with van der Waals surface area (Å²) in [5, 5.41) is 6.23. The first-order valence-electron chi connectivity index (χ1n) is 8.00. The Balaban J connectivity index is 2.17. The zero-order valence-electron chi connectivity index (χ0n) is 14.9. The highest BCUT2D eigenvalue weighted by molar-refractivity contribution is 8.08. The van der Waals surface area contributed by atoms with Gasteiger partial charge in [0.05, 0.1) is 16.1 Å². The van der Waals surface area contributed by atoms with Gasteiger partial charge in [0.25, 0.3) is 5.91 Å². The normalized spacial score (nSPS) is 17.9. The van der Waals surface area contributed by atoms with Crippen molar-refractivity contribution in [2.24, 2.45) is 5.10 Å². The van der Waals surface area contributed by atoms with E-state index in [9.17, 15) is 26.4 Å². The topological polar surface area (TPSA) is 105 Å². The number of hydrogen-bond acceptors (Lipinski definition) is 7. The number of hydrogen-bond donors (Lipinski definition) is 1. The molecule has 0 aliphatic carbocycles. The van der Waals surface area contributed by atoms with Gasteiger partial charge in [-0.2, -0.15) is 18.3 Å². The Kier molecular flexibility index (Phi) is 4.69. The van der Waals surface area contributed by atoms with Crippen LogP contribution < -0.4 is 10.3 Å². The Bertz CT molecular complexity index is 1070. The van der Waals surface area contributed by atoms with Gasteiger partial charge in [-0.25, -0.2) is 8.42 Å². The van der Waals surface area contributed by atoms with Gasteiger partial charge in [0.15, 0.2) is 5.82 Å². The predicted molar refractivity (Wildman–Crippen MR) is 93.5 cm³/mol. The monoisotopic (exact) mass is 416 g/mol. The average molecular weight is 416 g/mol. The van der Waals surface area contributed by atoms with Gasteiger partial charge in [-0.05, 0) is 39.0 Å². The number of nitrogens with one attached hydrogen (secondary N) is 1. The molecule has 0 saturated heterocycles. The quantitative estimate of drug-likeness (QED) is 0.772. The van der Waals surface area contributed by atoms with Gasteiger partial charge in [-0.1, -0.05) is 5.16 Å². The Labute approximate surface area is 157 Å². The maximum atomic E-state index is 13.1. The van der Waals surface area contributed by atoms with Crippen LogP contribution in [-0.2, 0) is 20.8 Å². The minimum absolute atomic E-state index is 0.0407. The van der Waals surface area contributed by atoms with Crippen LogP contribution in [0.3, 0.4) is 0 Å². The molecule has 28 heavy (non-hydrogen) atoms. The Morgan fingerprint density at radius 2 is 1.93 bits per heavy atom. The van der Waals surface area contributed by atoms with E-state index in [1.807, 2.05) is 0 Å². The third-order valence-electron chi connectivity index (χ3n) is 3.91. The van der Waals surface area contributed by atoms with Gasteiger partial charge < -0.3 is 9.42 Å². The van der Waals surface area contributed by atoms with Crippen LogP contribution in [0.25, 0.3) is 0 Å². The second-order valence-electron chi connectivity index (χ2n) is 6.30.